The lowest BCUT2D eigenvalue weighted by molar-refractivity contribution is 0.564. The van der Waals surface area contributed by atoms with Gasteiger partial charge in [0.05, 0.1) is 10.4 Å². The van der Waals surface area contributed by atoms with Crippen LogP contribution < -0.4 is 0 Å². The normalized spacial score (nSPS) is 12.7. The van der Waals surface area contributed by atoms with Crippen LogP contribution in [0.15, 0.2) is 0 Å². The molecule has 100 valence electrons. The molecular weight excluding hydrogens is 256 g/mol. The second-order valence-electron chi connectivity index (χ2n) is 6.75. The van der Waals surface area contributed by atoms with Crippen LogP contribution in [0, 0.1) is 11.3 Å². The van der Waals surface area contributed by atoms with E-state index >= 15 is 0 Å². The summed E-state index contributed by atoms with van der Waals surface area (Å²) in [7, 11) is 0. The van der Waals surface area contributed by atoms with Gasteiger partial charge in [0.25, 0.3) is 0 Å². The summed E-state index contributed by atoms with van der Waals surface area (Å²) < 4.78 is 5.06. The molecule has 0 fully saturated rings. The Morgan fingerprint density at radius 1 is 1.05 bits per heavy atom. The lowest BCUT2D eigenvalue weighted by Gasteiger charge is -2.24. The summed E-state index contributed by atoms with van der Waals surface area (Å²) in [6.07, 6.45) is 0. The SMILES string of the molecule is CC(C)(C)c1c(C#N)nc(C(C)(C)C)c2snnc12. The first kappa shape index (κ1) is 13.9. The van der Waals surface area contributed by atoms with Crippen molar-refractivity contribution in [1.82, 2.24) is 14.6 Å². The molecule has 0 aliphatic heterocycles. The summed E-state index contributed by atoms with van der Waals surface area (Å²) in [5, 5.41) is 13.7. The molecule has 5 heteroatoms. The van der Waals surface area contributed by atoms with Crippen molar-refractivity contribution in [3.05, 3.63) is 17.0 Å². The molecule has 0 saturated heterocycles. The Morgan fingerprint density at radius 3 is 2.16 bits per heavy atom. The highest BCUT2D eigenvalue weighted by molar-refractivity contribution is 7.13. The lowest BCUT2D eigenvalue weighted by Crippen LogP contribution is -2.20. The molecule has 2 aromatic heterocycles. The molecule has 0 saturated carbocycles. The van der Waals surface area contributed by atoms with Gasteiger partial charge in [0.2, 0.25) is 0 Å². The largest absolute Gasteiger partial charge is 0.240 e. The van der Waals surface area contributed by atoms with Gasteiger partial charge in [-0.05, 0) is 16.9 Å². The summed E-state index contributed by atoms with van der Waals surface area (Å²) >= 11 is 1.36. The van der Waals surface area contributed by atoms with E-state index in [0.29, 0.717) is 5.69 Å². The Morgan fingerprint density at radius 2 is 1.68 bits per heavy atom. The van der Waals surface area contributed by atoms with Gasteiger partial charge in [0, 0.05) is 11.0 Å². The van der Waals surface area contributed by atoms with Crippen LogP contribution in [0.2, 0.25) is 0 Å². The van der Waals surface area contributed by atoms with Gasteiger partial charge in [-0.3, -0.25) is 0 Å². The summed E-state index contributed by atoms with van der Waals surface area (Å²) in [5.41, 5.74) is 2.79. The topological polar surface area (TPSA) is 62.5 Å². The number of hydrogen-bond donors (Lipinski definition) is 0. The van der Waals surface area contributed by atoms with Gasteiger partial charge < -0.3 is 0 Å². The van der Waals surface area contributed by atoms with Gasteiger partial charge in [-0.15, -0.1) is 5.10 Å². The van der Waals surface area contributed by atoms with Crippen molar-refractivity contribution < 1.29 is 0 Å². The fourth-order valence-electron chi connectivity index (χ4n) is 2.14. The predicted molar refractivity (Wildman–Crippen MR) is 77.3 cm³/mol. The fourth-order valence-corrected chi connectivity index (χ4v) is 3.01. The number of hydrogen-bond acceptors (Lipinski definition) is 5. The number of fused-ring (bicyclic) bond motifs is 1. The van der Waals surface area contributed by atoms with Crippen molar-refractivity contribution in [3.63, 3.8) is 0 Å². The molecule has 0 aliphatic carbocycles. The Balaban J connectivity index is 2.95. The second kappa shape index (κ2) is 4.24. The van der Waals surface area contributed by atoms with E-state index in [0.717, 1.165) is 21.5 Å². The van der Waals surface area contributed by atoms with Crippen LogP contribution in [0.5, 0.6) is 0 Å². The van der Waals surface area contributed by atoms with Gasteiger partial charge in [0.1, 0.15) is 17.3 Å². The van der Waals surface area contributed by atoms with E-state index in [1.807, 2.05) is 0 Å². The Kier molecular flexibility index (Phi) is 3.10. The number of aromatic nitrogens is 3. The first-order valence-electron chi connectivity index (χ1n) is 6.23. The maximum atomic E-state index is 9.41. The molecule has 0 radical (unpaired) electrons. The average Bonchev–Trinajstić information content (AvgIpc) is 2.71. The smallest absolute Gasteiger partial charge is 0.146 e. The zero-order chi connectivity index (χ0) is 14.4. The van der Waals surface area contributed by atoms with Crippen LogP contribution in [0.3, 0.4) is 0 Å². The Labute approximate surface area is 117 Å². The second-order valence-corrected chi connectivity index (χ2v) is 7.50. The summed E-state index contributed by atoms with van der Waals surface area (Å²) in [5.74, 6) is 0. The average molecular weight is 274 g/mol. The Hall–Kier alpha value is -1.54. The summed E-state index contributed by atoms with van der Waals surface area (Å²) in [6.45, 7) is 12.5. The molecule has 0 aliphatic rings. The fraction of sp³-hybridized carbons (Fsp3) is 0.571. The first-order chi connectivity index (χ1) is 8.66. The molecule has 0 spiro atoms. The monoisotopic (exact) mass is 274 g/mol. The van der Waals surface area contributed by atoms with Gasteiger partial charge in [-0.1, -0.05) is 46.0 Å². The predicted octanol–water partition coefficient (Wildman–Crippen LogP) is 3.55. The minimum absolute atomic E-state index is 0.130. The highest BCUT2D eigenvalue weighted by atomic mass is 32.1. The van der Waals surface area contributed by atoms with E-state index in [2.05, 4.69) is 62.2 Å². The summed E-state index contributed by atoms with van der Waals surface area (Å²) in [4.78, 5) is 4.60. The highest BCUT2D eigenvalue weighted by Gasteiger charge is 2.29. The number of pyridine rings is 1. The van der Waals surface area contributed by atoms with Crippen LogP contribution in [-0.4, -0.2) is 14.6 Å². The van der Waals surface area contributed by atoms with Crippen molar-refractivity contribution in [2.45, 2.75) is 52.4 Å². The molecule has 0 aromatic carbocycles. The lowest BCUT2D eigenvalue weighted by atomic mass is 9.83. The van der Waals surface area contributed by atoms with Crippen LogP contribution in [0.1, 0.15) is 58.5 Å². The van der Waals surface area contributed by atoms with E-state index < -0.39 is 0 Å². The third-order valence-electron chi connectivity index (χ3n) is 2.97. The Bertz CT molecular complexity index is 666. The molecule has 4 nitrogen and oxygen atoms in total. The van der Waals surface area contributed by atoms with E-state index in [9.17, 15) is 5.26 Å². The van der Waals surface area contributed by atoms with Crippen LogP contribution in [-0.2, 0) is 10.8 Å². The zero-order valence-corrected chi connectivity index (χ0v) is 13.0. The zero-order valence-electron chi connectivity index (χ0n) is 12.2. The van der Waals surface area contributed by atoms with Crippen molar-refractivity contribution in [2.75, 3.05) is 0 Å². The summed E-state index contributed by atoms with van der Waals surface area (Å²) in [6, 6.07) is 2.22. The molecule has 0 unspecified atom stereocenters. The first-order valence-corrected chi connectivity index (χ1v) is 7.00. The van der Waals surface area contributed by atoms with Crippen molar-refractivity contribution in [1.29, 1.82) is 5.26 Å². The van der Waals surface area contributed by atoms with Crippen molar-refractivity contribution in [3.8, 4) is 6.07 Å². The van der Waals surface area contributed by atoms with Crippen LogP contribution >= 0.6 is 11.5 Å². The quantitative estimate of drug-likeness (QED) is 0.737. The van der Waals surface area contributed by atoms with Crippen LogP contribution in [0.4, 0.5) is 0 Å². The van der Waals surface area contributed by atoms with Gasteiger partial charge in [-0.2, -0.15) is 5.26 Å². The van der Waals surface area contributed by atoms with E-state index in [-0.39, 0.29) is 10.8 Å². The molecule has 0 N–H and O–H groups in total. The molecule has 0 atom stereocenters. The minimum Gasteiger partial charge on any atom is -0.240 e. The van der Waals surface area contributed by atoms with E-state index in [1.54, 1.807) is 0 Å². The molecule has 2 rings (SSSR count). The van der Waals surface area contributed by atoms with Gasteiger partial charge in [-0.25, -0.2) is 4.98 Å². The number of nitriles is 1. The maximum absolute atomic E-state index is 9.41. The van der Waals surface area contributed by atoms with E-state index in [1.165, 1.54) is 11.5 Å². The van der Waals surface area contributed by atoms with Crippen molar-refractivity contribution >= 4 is 21.7 Å². The highest BCUT2D eigenvalue weighted by Crippen LogP contribution is 2.37. The molecule has 2 aromatic rings. The number of rotatable bonds is 0. The third-order valence-corrected chi connectivity index (χ3v) is 3.70. The van der Waals surface area contributed by atoms with Gasteiger partial charge in [0.15, 0.2) is 0 Å². The maximum Gasteiger partial charge on any atom is 0.146 e. The van der Waals surface area contributed by atoms with E-state index in [4.69, 9.17) is 0 Å². The molecule has 0 amide bonds. The minimum atomic E-state index is -0.178. The van der Waals surface area contributed by atoms with Crippen LogP contribution in [0.25, 0.3) is 10.2 Å². The molecule has 0 bridgehead atoms. The number of nitrogens with zero attached hydrogens (tertiary/aromatic N) is 4. The van der Waals surface area contributed by atoms with Gasteiger partial charge >= 0.3 is 0 Å². The van der Waals surface area contributed by atoms with Crippen molar-refractivity contribution in [2.24, 2.45) is 0 Å². The molecule has 19 heavy (non-hydrogen) atoms. The standard InChI is InChI=1S/C14H18N4S/c1-13(2,3)9-8(7-15)16-12(14(4,5)6)11-10(9)17-18-19-11/h1-6H3. The molecule has 2 heterocycles. The molecular formula is C14H18N4S. The third kappa shape index (κ3) is 2.33.